The number of benzene rings is 3. The Morgan fingerprint density at radius 1 is 1.04 bits per heavy atom. The van der Waals surface area contributed by atoms with E-state index in [1.54, 1.807) is 54.6 Å². The fourth-order valence-electron chi connectivity index (χ4n) is 2.97. The maximum atomic E-state index is 14.0. The third-order valence-corrected chi connectivity index (χ3v) is 4.69. The van der Waals surface area contributed by atoms with Crippen LogP contribution >= 0.6 is 11.6 Å². The smallest absolute Gasteiger partial charge is 0.235 e. The molecule has 3 aromatic carbocycles. The van der Waals surface area contributed by atoms with E-state index in [0.717, 1.165) is 5.56 Å². The monoisotopic (exact) mass is 394 g/mol. The van der Waals surface area contributed by atoms with Crippen molar-refractivity contribution in [2.24, 2.45) is 0 Å². The van der Waals surface area contributed by atoms with Crippen molar-refractivity contribution >= 4 is 22.6 Å². The molecule has 4 aromatic rings. The molecule has 5 heteroatoms. The van der Waals surface area contributed by atoms with Gasteiger partial charge in [-0.2, -0.15) is 0 Å². The van der Waals surface area contributed by atoms with Gasteiger partial charge in [-0.15, -0.1) is 0 Å². The van der Waals surface area contributed by atoms with E-state index in [9.17, 15) is 9.18 Å². The summed E-state index contributed by atoms with van der Waals surface area (Å²) in [6, 6.07) is 18.5. The highest BCUT2D eigenvalue weighted by molar-refractivity contribution is 6.30. The van der Waals surface area contributed by atoms with Gasteiger partial charge >= 0.3 is 0 Å². The van der Waals surface area contributed by atoms with Crippen molar-refractivity contribution in [2.45, 2.75) is 13.5 Å². The van der Waals surface area contributed by atoms with E-state index in [2.05, 4.69) is 0 Å². The first-order valence-corrected chi connectivity index (χ1v) is 9.10. The van der Waals surface area contributed by atoms with Crippen LogP contribution in [-0.2, 0) is 6.61 Å². The molecule has 0 aliphatic heterocycles. The zero-order valence-electron chi connectivity index (χ0n) is 15.0. The van der Waals surface area contributed by atoms with E-state index < -0.39 is 5.82 Å². The molecule has 4 rings (SSSR count). The molecule has 0 saturated heterocycles. The zero-order chi connectivity index (χ0) is 19.7. The Hall–Kier alpha value is -3.11. The fourth-order valence-corrected chi connectivity index (χ4v) is 3.10. The summed E-state index contributed by atoms with van der Waals surface area (Å²) in [5.41, 5.74) is 2.13. The molecule has 0 N–H and O–H groups in total. The standard InChI is InChI=1S/C23H16ClFO3/c1-14-6-11-18-20(12-14)28-22(15-7-9-17(24)10-8-15)23(21(18)26)27-13-16-4-2-3-5-19(16)25/h2-12H,13H2,1H3. The quantitative estimate of drug-likeness (QED) is 0.417. The largest absolute Gasteiger partial charge is 0.481 e. The number of halogens is 2. The van der Waals surface area contributed by atoms with Crippen LogP contribution in [0.3, 0.4) is 0 Å². The van der Waals surface area contributed by atoms with Gasteiger partial charge in [0.25, 0.3) is 0 Å². The number of rotatable bonds is 4. The normalized spacial score (nSPS) is 11.0. The molecule has 140 valence electrons. The van der Waals surface area contributed by atoms with Crippen LogP contribution in [0.5, 0.6) is 5.75 Å². The molecule has 0 spiro atoms. The van der Waals surface area contributed by atoms with Gasteiger partial charge in [0.1, 0.15) is 18.0 Å². The number of aryl methyl sites for hydroxylation is 1. The Kier molecular flexibility index (Phi) is 4.88. The van der Waals surface area contributed by atoms with Crippen LogP contribution in [0, 0.1) is 12.7 Å². The van der Waals surface area contributed by atoms with Crippen molar-refractivity contribution in [3.05, 3.63) is 98.9 Å². The SMILES string of the molecule is Cc1ccc2c(=O)c(OCc3ccccc3F)c(-c3ccc(Cl)cc3)oc2c1. The second-order valence-electron chi connectivity index (χ2n) is 6.48. The molecular formula is C23H16ClFO3. The predicted octanol–water partition coefficient (Wildman–Crippen LogP) is 6.14. The minimum atomic E-state index is -0.392. The molecule has 3 nitrogen and oxygen atoms in total. The molecule has 0 aliphatic carbocycles. The van der Waals surface area contributed by atoms with Crippen LogP contribution in [-0.4, -0.2) is 0 Å². The van der Waals surface area contributed by atoms with E-state index >= 15 is 0 Å². The van der Waals surface area contributed by atoms with Crippen molar-refractivity contribution in [1.29, 1.82) is 0 Å². The van der Waals surface area contributed by atoms with E-state index in [-0.39, 0.29) is 23.5 Å². The topological polar surface area (TPSA) is 39.4 Å². The molecule has 0 aliphatic rings. The molecule has 1 heterocycles. The highest BCUT2D eigenvalue weighted by Crippen LogP contribution is 2.32. The summed E-state index contributed by atoms with van der Waals surface area (Å²) in [4.78, 5) is 13.1. The first-order chi connectivity index (χ1) is 13.5. The Morgan fingerprint density at radius 3 is 2.54 bits per heavy atom. The molecule has 0 fully saturated rings. The second kappa shape index (κ2) is 7.49. The average Bonchev–Trinajstić information content (AvgIpc) is 2.69. The minimum Gasteiger partial charge on any atom is -0.481 e. The van der Waals surface area contributed by atoms with E-state index in [0.29, 0.717) is 27.1 Å². The Bertz CT molecular complexity index is 1210. The van der Waals surface area contributed by atoms with Crippen molar-refractivity contribution < 1.29 is 13.5 Å². The molecule has 0 bridgehead atoms. The first-order valence-electron chi connectivity index (χ1n) is 8.72. The molecule has 0 radical (unpaired) electrons. The number of hydrogen-bond donors (Lipinski definition) is 0. The molecule has 0 atom stereocenters. The number of fused-ring (bicyclic) bond motifs is 1. The summed E-state index contributed by atoms with van der Waals surface area (Å²) in [6.45, 7) is 1.83. The fraction of sp³-hybridized carbons (Fsp3) is 0.0870. The molecule has 28 heavy (non-hydrogen) atoms. The van der Waals surface area contributed by atoms with Gasteiger partial charge in [0, 0.05) is 16.1 Å². The highest BCUT2D eigenvalue weighted by atomic mass is 35.5. The summed E-state index contributed by atoms with van der Waals surface area (Å²) >= 11 is 5.98. The van der Waals surface area contributed by atoms with Gasteiger partial charge in [0.05, 0.1) is 5.39 Å². The molecule has 0 saturated carbocycles. The minimum absolute atomic E-state index is 0.0435. The number of ether oxygens (including phenoxy) is 1. The van der Waals surface area contributed by atoms with Crippen molar-refractivity contribution in [1.82, 2.24) is 0 Å². The lowest BCUT2D eigenvalue weighted by molar-refractivity contribution is 0.292. The van der Waals surface area contributed by atoms with Crippen molar-refractivity contribution in [2.75, 3.05) is 0 Å². The summed E-state index contributed by atoms with van der Waals surface area (Å²) in [5, 5.41) is 0.975. The van der Waals surface area contributed by atoms with Crippen LogP contribution in [0.15, 0.2) is 75.9 Å². The van der Waals surface area contributed by atoms with E-state index in [4.69, 9.17) is 20.8 Å². The summed E-state index contributed by atoms with van der Waals surface area (Å²) in [7, 11) is 0. The lowest BCUT2D eigenvalue weighted by Gasteiger charge is -2.12. The van der Waals surface area contributed by atoms with Gasteiger partial charge in [0.15, 0.2) is 5.76 Å². The summed E-state index contributed by atoms with van der Waals surface area (Å²) in [6.07, 6.45) is 0. The second-order valence-corrected chi connectivity index (χ2v) is 6.91. The lowest BCUT2D eigenvalue weighted by Crippen LogP contribution is -2.11. The maximum absolute atomic E-state index is 14.0. The molecular weight excluding hydrogens is 379 g/mol. The predicted molar refractivity (Wildman–Crippen MR) is 108 cm³/mol. The van der Waals surface area contributed by atoms with Crippen LogP contribution in [0.25, 0.3) is 22.3 Å². The Balaban J connectivity index is 1.87. The Morgan fingerprint density at radius 2 is 1.79 bits per heavy atom. The third-order valence-electron chi connectivity index (χ3n) is 4.44. The zero-order valence-corrected chi connectivity index (χ0v) is 15.8. The van der Waals surface area contributed by atoms with Crippen LogP contribution in [0.4, 0.5) is 4.39 Å². The van der Waals surface area contributed by atoms with Gasteiger partial charge in [-0.25, -0.2) is 4.39 Å². The molecule has 0 amide bonds. The van der Waals surface area contributed by atoms with Gasteiger partial charge in [-0.1, -0.05) is 35.9 Å². The third kappa shape index (κ3) is 3.51. The summed E-state index contributed by atoms with van der Waals surface area (Å²) < 4.78 is 25.8. The Labute approximate surface area is 166 Å². The van der Waals surface area contributed by atoms with Crippen LogP contribution in [0.1, 0.15) is 11.1 Å². The lowest BCUT2D eigenvalue weighted by atomic mass is 10.1. The maximum Gasteiger partial charge on any atom is 0.235 e. The van der Waals surface area contributed by atoms with Crippen molar-refractivity contribution in [3.63, 3.8) is 0 Å². The number of hydrogen-bond acceptors (Lipinski definition) is 3. The van der Waals surface area contributed by atoms with Crippen molar-refractivity contribution in [3.8, 4) is 17.1 Å². The highest BCUT2D eigenvalue weighted by Gasteiger charge is 2.18. The van der Waals surface area contributed by atoms with Crippen LogP contribution < -0.4 is 10.2 Å². The molecule has 0 unspecified atom stereocenters. The molecule has 1 aromatic heterocycles. The van der Waals surface area contributed by atoms with Gasteiger partial charge in [-0.3, -0.25) is 4.79 Å². The average molecular weight is 395 g/mol. The van der Waals surface area contributed by atoms with Gasteiger partial charge < -0.3 is 9.15 Å². The van der Waals surface area contributed by atoms with Crippen LogP contribution in [0.2, 0.25) is 5.02 Å². The van der Waals surface area contributed by atoms with E-state index in [1.165, 1.54) is 6.07 Å². The first kappa shape index (κ1) is 18.3. The van der Waals surface area contributed by atoms with Gasteiger partial charge in [-0.05, 0) is 55.0 Å². The summed E-state index contributed by atoms with van der Waals surface area (Å²) in [5.74, 6) is -0.0608. The van der Waals surface area contributed by atoms with E-state index in [1.807, 2.05) is 13.0 Å². The van der Waals surface area contributed by atoms with Gasteiger partial charge in [0.2, 0.25) is 11.2 Å².